The van der Waals surface area contributed by atoms with E-state index in [-0.39, 0.29) is 18.3 Å². The Bertz CT molecular complexity index is 1460. The van der Waals surface area contributed by atoms with Gasteiger partial charge in [0, 0.05) is 16.1 Å². The third kappa shape index (κ3) is 5.27. The Hall–Kier alpha value is -4.16. The molecule has 1 aliphatic heterocycles. The van der Waals surface area contributed by atoms with Gasteiger partial charge in [-0.3, -0.25) is 4.79 Å². The number of amides is 1. The first-order valence-electron chi connectivity index (χ1n) is 12.3. The summed E-state index contributed by atoms with van der Waals surface area (Å²) in [6.45, 7) is 0.281. The van der Waals surface area contributed by atoms with Crippen molar-refractivity contribution in [3.05, 3.63) is 125 Å². The zero-order valence-electron chi connectivity index (χ0n) is 20.4. The number of nitrogens with zero attached hydrogens (tertiary/aromatic N) is 1. The van der Waals surface area contributed by atoms with Crippen LogP contribution in [-0.2, 0) is 11.4 Å². The average molecular weight is 530 g/mol. The molecule has 2 atom stereocenters. The minimum atomic E-state index is -1.03. The Morgan fingerprint density at radius 1 is 0.895 bits per heavy atom. The molecule has 0 spiro atoms. The van der Waals surface area contributed by atoms with Gasteiger partial charge in [-0.25, -0.2) is 9.18 Å². The van der Waals surface area contributed by atoms with E-state index >= 15 is 0 Å². The predicted molar refractivity (Wildman–Crippen MR) is 144 cm³/mol. The fraction of sp³-hybridized carbons (Fsp3) is 0.161. The van der Waals surface area contributed by atoms with Crippen LogP contribution in [0.1, 0.15) is 40.4 Å². The molecule has 7 heteroatoms. The zero-order valence-corrected chi connectivity index (χ0v) is 21.1. The lowest BCUT2D eigenvalue weighted by atomic mass is 10.0. The van der Waals surface area contributed by atoms with Gasteiger partial charge >= 0.3 is 5.97 Å². The molecule has 4 aromatic rings. The summed E-state index contributed by atoms with van der Waals surface area (Å²) >= 11 is 6.41. The maximum Gasteiger partial charge on any atom is 0.326 e. The molecule has 1 aliphatic rings. The summed E-state index contributed by atoms with van der Waals surface area (Å²) in [6.07, 6.45) is 0.872. The number of hydrogen-bond donors (Lipinski definition) is 1. The molecule has 0 unspecified atom stereocenters. The number of benzene rings is 4. The molecule has 1 amide bonds. The van der Waals surface area contributed by atoms with Gasteiger partial charge in [0.2, 0.25) is 0 Å². The van der Waals surface area contributed by atoms with Crippen LogP contribution in [0.3, 0.4) is 0 Å². The summed E-state index contributed by atoms with van der Waals surface area (Å²) in [7, 11) is 0. The predicted octanol–water partition coefficient (Wildman–Crippen LogP) is 7.16. The summed E-state index contributed by atoms with van der Waals surface area (Å²) in [5, 5.41) is 10.3. The van der Waals surface area contributed by atoms with E-state index in [1.54, 1.807) is 30.3 Å². The van der Waals surface area contributed by atoms with Crippen LogP contribution in [0, 0.1) is 5.82 Å². The molecule has 192 valence electrons. The highest BCUT2D eigenvalue weighted by Gasteiger charge is 2.42. The molecule has 1 saturated heterocycles. The van der Waals surface area contributed by atoms with Gasteiger partial charge in [-0.15, -0.1) is 0 Å². The standard InChI is InChI=1S/C31H25ClFNO4/c32-26-7-3-1-6-25(26)27-17-18-28(31(36)37)34(27)30(35)22-13-11-21(12-14-22)24-5-2-4-8-29(24)38-19-20-9-15-23(33)16-10-20/h1-16,27-28H,17-19H2,(H,36,37)/t27-,28+/m1/s1. The number of hydrogen-bond acceptors (Lipinski definition) is 3. The van der Waals surface area contributed by atoms with Crippen LogP contribution in [0.2, 0.25) is 5.02 Å². The van der Waals surface area contributed by atoms with E-state index in [2.05, 4.69) is 0 Å². The largest absolute Gasteiger partial charge is 0.488 e. The van der Waals surface area contributed by atoms with Crippen molar-refractivity contribution in [3.63, 3.8) is 0 Å². The van der Waals surface area contributed by atoms with Gasteiger partial charge in [0.1, 0.15) is 24.2 Å². The normalized spacial score (nSPS) is 16.8. The summed E-state index contributed by atoms with van der Waals surface area (Å²) in [6, 6.07) is 26.6. The average Bonchev–Trinajstić information content (AvgIpc) is 3.38. The number of carbonyl (C=O) groups excluding carboxylic acids is 1. The molecule has 0 saturated carbocycles. The second kappa shape index (κ2) is 11.1. The van der Waals surface area contributed by atoms with Crippen molar-refractivity contribution in [2.24, 2.45) is 0 Å². The van der Waals surface area contributed by atoms with Crippen LogP contribution in [0.25, 0.3) is 11.1 Å². The quantitative estimate of drug-likeness (QED) is 0.276. The lowest BCUT2D eigenvalue weighted by molar-refractivity contribution is -0.141. The van der Waals surface area contributed by atoms with Gasteiger partial charge < -0.3 is 14.7 Å². The molecule has 1 fully saturated rings. The van der Waals surface area contributed by atoms with Gasteiger partial charge in [-0.05, 0) is 65.9 Å². The van der Waals surface area contributed by atoms with E-state index in [1.165, 1.54) is 17.0 Å². The Morgan fingerprint density at radius 2 is 1.58 bits per heavy atom. The molecule has 0 aliphatic carbocycles. The first kappa shape index (κ1) is 25.5. The zero-order chi connectivity index (χ0) is 26.6. The van der Waals surface area contributed by atoms with Crippen LogP contribution in [-0.4, -0.2) is 27.9 Å². The summed E-state index contributed by atoms with van der Waals surface area (Å²) in [5.74, 6) is -1.03. The lowest BCUT2D eigenvalue weighted by Crippen LogP contribution is -2.41. The number of para-hydroxylation sites is 1. The highest BCUT2D eigenvalue weighted by atomic mass is 35.5. The molecule has 0 bridgehead atoms. The van der Waals surface area contributed by atoms with E-state index in [4.69, 9.17) is 16.3 Å². The third-order valence-electron chi connectivity index (χ3n) is 6.81. The molecule has 0 radical (unpaired) electrons. The van der Waals surface area contributed by atoms with Crippen molar-refractivity contribution >= 4 is 23.5 Å². The van der Waals surface area contributed by atoms with E-state index < -0.39 is 18.1 Å². The fourth-order valence-corrected chi connectivity index (χ4v) is 5.16. The molecule has 1 N–H and O–H groups in total. The number of carbonyl (C=O) groups is 2. The summed E-state index contributed by atoms with van der Waals surface area (Å²) in [5.41, 5.74) is 3.66. The second-order valence-corrected chi connectivity index (χ2v) is 9.58. The van der Waals surface area contributed by atoms with Gasteiger partial charge in [0.15, 0.2) is 0 Å². The van der Waals surface area contributed by atoms with E-state index in [0.717, 1.165) is 22.3 Å². The topological polar surface area (TPSA) is 66.8 Å². The highest BCUT2D eigenvalue weighted by molar-refractivity contribution is 6.31. The minimum Gasteiger partial charge on any atom is -0.488 e. The number of rotatable bonds is 7. The summed E-state index contributed by atoms with van der Waals surface area (Å²) in [4.78, 5) is 27.1. The SMILES string of the molecule is O=C(O)[C@@H]1CC[C@H](c2ccccc2Cl)N1C(=O)c1ccc(-c2ccccc2OCc2ccc(F)cc2)cc1. The minimum absolute atomic E-state index is 0.281. The third-order valence-corrected chi connectivity index (χ3v) is 7.15. The Morgan fingerprint density at radius 3 is 2.29 bits per heavy atom. The number of likely N-dealkylation sites (tertiary alicyclic amines) is 1. The molecule has 38 heavy (non-hydrogen) atoms. The van der Waals surface area contributed by atoms with Crippen LogP contribution >= 0.6 is 11.6 Å². The van der Waals surface area contributed by atoms with Crippen molar-refractivity contribution < 1.29 is 23.8 Å². The van der Waals surface area contributed by atoms with Crippen molar-refractivity contribution in [2.45, 2.75) is 31.5 Å². The fourth-order valence-electron chi connectivity index (χ4n) is 4.90. The molecule has 1 heterocycles. The molecular weight excluding hydrogens is 505 g/mol. The molecular formula is C31H25ClFNO4. The van der Waals surface area contributed by atoms with Crippen LogP contribution < -0.4 is 4.74 Å². The van der Waals surface area contributed by atoms with Crippen LogP contribution in [0.15, 0.2) is 97.1 Å². The van der Waals surface area contributed by atoms with Crippen molar-refractivity contribution in [3.8, 4) is 16.9 Å². The number of halogens is 2. The lowest BCUT2D eigenvalue weighted by Gasteiger charge is -2.29. The van der Waals surface area contributed by atoms with Crippen LogP contribution in [0.4, 0.5) is 4.39 Å². The Balaban J connectivity index is 1.39. The van der Waals surface area contributed by atoms with Crippen molar-refractivity contribution in [1.82, 2.24) is 4.90 Å². The van der Waals surface area contributed by atoms with Gasteiger partial charge in [0.25, 0.3) is 5.91 Å². The molecule has 5 nitrogen and oxygen atoms in total. The second-order valence-electron chi connectivity index (χ2n) is 9.17. The number of carboxylic acids is 1. The van der Waals surface area contributed by atoms with Gasteiger partial charge in [-0.2, -0.15) is 0 Å². The maximum absolute atomic E-state index is 13.6. The number of aliphatic carboxylic acids is 1. The maximum atomic E-state index is 13.6. The Labute approximate surface area is 225 Å². The molecule has 0 aromatic heterocycles. The van der Waals surface area contributed by atoms with Crippen molar-refractivity contribution in [2.75, 3.05) is 0 Å². The van der Waals surface area contributed by atoms with Crippen molar-refractivity contribution in [1.29, 1.82) is 0 Å². The van der Waals surface area contributed by atoms with Gasteiger partial charge in [0.05, 0.1) is 6.04 Å². The van der Waals surface area contributed by atoms with E-state index in [0.29, 0.717) is 29.2 Å². The Kier molecular flexibility index (Phi) is 7.43. The van der Waals surface area contributed by atoms with Gasteiger partial charge in [-0.1, -0.05) is 72.3 Å². The smallest absolute Gasteiger partial charge is 0.326 e. The monoisotopic (exact) mass is 529 g/mol. The number of ether oxygens (including phenoxy) is 1. The van der Waals surface area contributed by atoms with E-state index in [9.17, 15) is 19.1 Å². The first-order chi connectivity index (χ1) is 18.4. The highest BCUT2D eigenvalue weighted by Crippen LogP contribution is 2.40. The molecule has 5 rings (SSSR count). The van der Waals surface area contributed by atoms with E-state index in [1.807, 2.05) is 54.6 Å². The summed E-state index contributed by atoms with van der Waals surface area (Å²) < 4.78 is 19.2. The van der Waals surface area contributed by atoms with Crippen LogP contribution in [0.5, 0.6) is 5.75 Å². The first-order valence-corrected chi connectivity index (χ1v) is 12.7. The number of carboxylic acid groups (broad SMARTS) is 1. The molecule has 4 aromatic carbocycles.